The van der Waals surface area contributed by atoms with Crippen molar-refractivity contribution in [3.8, 4) is 11.4 Å². The Bertz CT molecular complexity index is 1020. The van der Waals surface area contributed by atoms with E-state index < -0.39 is 11.2 Å². The lowest BCUT2D eigenvalue weighted by Gasteiger charge is -2.13. The van der Waals surface area contributed by atoms with Crippen molar-refractivity contribution in [2.24, 2.45) is 5.73 Å². The maximum Gasteiger partial charge on any atom is 0.248 e. The van der Waals surface area contributed by atoms with Crippen LogP contribution in [0.1, 0.15) is 17.3 Å². The molecule has 0 saturated heterocycles. The van der Waals surface area contributed by atoms with Crippen LogP contribution in [0.4, 0.5) is 5.69 Å². The Balaban J connectivity index is 1.73. The number of thioether (sulfide) groups is 1. The van der Waals surface area contributed by atoms with Gasteiger partial charge in [-0.05, 0) is 31.2 Å². The van der Waals surface area contributed by atoms with Crippen LogP contribution in [0.2, 0.25) is 0 Å². The number of benzene rings is 2. The van der Waals surface area contributed by atoms with Crippen molar-refractivity contribution in [2.75, 3.05) is 5.32 Å². The molecule has 3 N–H and O–H groups in total. The molecule has 0 fully saturated rings. The number of aromatic nitrogens is 3. The molecule has 0 bridgehead atoms. The normalized spacial score (nSPS) is 11.6. The summed E-state index contributed by atoms with van der Waals surface area (Å²) in [5.41, 5.74) is 7.15. The summed E-state index contributed by atoms with van der Waals surface area (Å²) in [6, 6.07) is 16.2. The predicted octanol–water partition coefficient (Wildman–Crippen LogP) is 3.35. The van der Waals surface area contributed by atoms with Crippen molar-refractivity contribution in [1.82, 2.24) is 14.8 Å². The third-order valence-corrected chi connectivity index (χ3v) is 5.23. The van der Waals surface area contributed by atoms with E-state index in [1.807, 2.05) is 34.9 Å². The zero-order valence-corrected chi connectivity index (χ0v) is 16.7. The molecule has 1 atom stereocenters. The number of amides is 2. The largest absolute Gasteiger partial charge is 0.366 e. The summed E-state index contributed by atoms with van der Waals surface area (Å²) < 4.78 is 1.93. The van der Waals surface area contributed by atoms with Crippen molar-refractivity contribution >= 4 is 29.3 Å². The number of rotatable bonds is 8. The van der Waals surface area contributed by atoms with Gasteiger partial charge in [-0.1, -0.05) is 48.2 Å². The number of carbonyl (C=O) groups is 2. The van der Waals surface area contributed by atoms with E-state index in [2.05, 4.69) is 22.1 Å². The van der Waals surface area contributed by atoms with Crippen LogP contribution in [0.25, 0.3) is 11.4 Å². The van der Waals surface area contributed by atoms with Gasteiger partial charge >= 0.3 is 0 Å². The van der Waals surface area contributed by atoms with Gasteiger partial charge in [-0.15, -0.1) is 16.8 Å². The summed E-state index contributed by atoms with van der Waals surface area (Å²) >= 11 is 1.32. The number of allylic oxidation sites excluding steroid dienone is 1. The van der Waals surface area contributed by atoms with E-state index >= 15 is 0 Å². The van der Waals surface area contributed by atoms with Crippen LogP contribution in [-0.2, 0) is 11.3 Å². The van der Waals surface area contributed by atoms with Crippen molar-refractivity contribution in [3.05, 3.63) is 72.8 Å². The molecule has 7 nitrogen and oxygen atoms in total. The number of primary amides is 1. The van der Waals surface area contributed by atoms with Crippen LogP contribution in [0.5, 0.6) is 0 Å². The number of nitrogens with one attached hydrogen (secondary N) is 1. The Morgan fingerprint density at radius 2 is 1.86 bits per heavy atom. The molecule has 1 unspecified atom stereocenters. The minimum absolute atomic E-state index is 0.184. The molecular formula is C21H21N5O2S. The van der Waals surface area contributed by atoms with Crippen LogP contribution in [0.15, 0.2) is 72.4 Å². The molecule has 0 spiro atoms. The van der Waals surface area contributed by atoms with Crippen molar-refractivity contribution in [3.63, 3.8) is 0 Å². The van der Waals surface area contributed by atoms with E-state index in [4.69, 9.17) is 5.73 Å². The van der Waals surface area contributed by atoms with E-state index in [-0.39, 0.29) is 5.91 Å². The summed E-state index contributed by atoms with van der Waals surface area (Å²) in [6.07, 6.45) is 1.77. The Morgan fingerprint density at radius 3 is 2.48 bits per heavy atom. The average Bonchev–Trinajstić information content (AvgIpc) is 3.11. The maximum absolute atomic E-state index is 12.6. The van der Waals surface area contributed by atoms with Gasteiger partial charge in [0.05, 0.1) is 5.25 Å². The summed E-state index contributed by atoms with van der Waals surface area (Å²) in [5, 5.41) is 11.6. The van der Waals surface area contributed by atoms with Crippen LogP contribution in [-0.4, -0.2) is 31.8 Å². The van der Waals surface area contributed by atoms with Crippen LogP contribution in [0, 0.1) is 0 Å². The first-order valence-electron chi connectivity index (χ1n) is 8.96. The lowest BCUT2D eigenvalue weighted by Crippen LogP contribution is -2.23. The Labute approximate surface area is 173 Å². The molecule has 2 amide bonds. The van der Waals surface area contributed by atoms with E-state index in [1.165, 1.54) is 11.8 Å². The number of hydrogen-bond acceptors (Lipinski definition) is 5. The molecule has 1 heterocycles. The summed E-state index contributed by atoms with van der Waals surface area (Å²) in [4.78, 5) is 23.7. The standard InChI is InChI=1S/C21H21N5O2S/c1-3-13-26-19(16-7-5-4-6-8-16)24-25-21(26)29-14(2)20(28)23-17-11-9-15(10-12-17)18(22)27/h3-12,14H,1,13H2,2H3,(H2,22,27)(H,23,28). The van der Waals surface area contributed by atoms with Gasteiger partial charge in [-0.3, -0.25) is 14.2 Å². The molecule has 3 rings (SSSR count). The zero-order valence-electron chi connectivity index (χ0n) is 15.9. The minimum atomic E-state index is -0.512. The van der Waals surface area contributed by atoms with Crippen molar-refractivity contribution in [2.45, 2.75) is 23.9 Å². The van der Waals surface area contributed by atoms with Gasteiger partial charge in [0.15, 0.2) is 11.0 Å². The van der Waals surface area contributed by atoms with Crippen molar-refractivity contribution < 1.29 is 9.59 Å². The molecule has 8 heteroatoms. The molecule has 0 aliphatic rings. The summed E-state index contributed by atoms with van der Waals surface area (Å²) in [6.45, 7) is 6.13. The molecule has 0 aliphatic heterocycles. The molecular weight excluding hydrogens is 386 g/mol. The molecule has 2 aromatic carbocycles. The van der Waals surface area contributed by atoms with Gasteiger partial charge in [-0.2, -0.15) is 0 Å². The molecule has 29 heavy (non-hydrogen) atoms. The van der Waals surface area contributed by atoms with Crippen LogP contribution < -0.4 is 11.1 Å². The average molecular weight is 407 g/mol. The molecule has 0 saturated carbocycles. The lowest BCUT2D eigenvalue weighted by atomic mass is 10.2. The van der Waals surface area contributed by atoms with Crippen molar-refractivity contribution in [1.29, 1.82) is 0 Å². The number of nitrogens with zero attached hydrogens (tertiary/aromatic N) is 3. The molecule has 148 valence electrons. The summed E-state index contributed by atoms with van der Waals surface area (Å²) in [7, 11) is 0. The van der Waals surface area contributed by atoms with Crippen LogP contribution >= 0.6 is 11.8 Å². The minimum Gasteiger partial charge on any atom is -0.366 e. The highest BCUT2D eigenvalue weighted by Gasteiger charge is 2.20. The van der Waals surface area contributed by atoms with E-state index in [0.29, 0.717) is 23.0 Å². The fraction of sp³-hybridized carbons (Fsp3) is 0.143. The molecule has 3 aromatic rings. The van der Waals surface area contributed by atoms with Gasteiger partial charge in [0, 0.05) is 23.4 Å². The van der Waals surface area contributed by atoms with Gasteiger partial charge < -0.3 is 11.1 Å². The summed E-state index contributed by atoms with van der Waals surface area (Å²) in [5.74, 6) is 0.0291. The van der Waals surface area contributed by atoms with Gasteiger partial charge in [0.2, 0.25) is 11.8 Å². The number of carbonyl (C=O) groups excluding carboxylic acids is 2. The first kappa shape index (κ1) is 20.3. The van der Waals surface area contributed by atoms with Gasteiger partial charge in [0.1, 0.15) is 0 Å². The van der Waals surface area contributed by atoms with Crippen LogP contribution in [0.3, 0.4) is 0 Å². The second-order valence-electron chi connectivity index (χ2n) is 6.26. The smallest absolute Gasteiger partial charge is 0.248 e. The monoisotopic (exact) mass is 407 g/mol. The molecule has 0 radical (unpaired) electrons. The lowest BCUT2D eigenvalue weighted by molar-refractivity contribution is -0.115. The number of hydrogen-bond donors (Lipinski definition) is 2. The number of nitrogens with two attached hydrogens (primary N) is 1. The van der Waals surface area contributed by atoms with Gasteiger partial charge in [0.25, 0.3) is 0 Å². The second kappa shape index (κ2) is 9.20. The Kier molecular flexibility index (Phi) is 6.46. The molecule has 0 aliphatic carbocycles. The number of anilines is 1. The SMILES string of the molecule is C=CCn1c(SC(C)C(=O)Nc2ccc(C(N)=O)cc2)nnc1-c1ccccc1. The Morgan fingerprint density at radius 1 is 1.17 bits per heavy atom. The molecule has 1 aromatic heterocycles. The van der Waals surface area contributed by atoms with E-state index in [0.717, 1.165) is 11.4 Å². The van der Waals surface area contributed by atoms with E-state index in [9.17, 15) is 9.59 Å². The predicted molar refractivity (Wildman–Crippen MR) is 115 cm³/mol. The Hall–Kier alpha value is -3.39. The second-order valence-corrected chi connectivity index (χ2v) is 7.57. The first-order chi connectivity index (χ1) is 14.0. The highest BCUT2D eigenvalue weighted by molar-refractivity contribution is 8.00. The quantitative estimate of drug-likeness (QED) is 0.440. The highest BCUT2D eigenvalue weighted by atomic mass is 32.2. The van der Waals surface area contributed by atoms with E-state index in [1.54, 1.807) is 37.3 Å². The first-order valence-corrected chi connectivity index (χ1v) is 9.84. The maximum atomic E-state index is 12.6. The third-order valence-electron chi connectivity index (χ3n) is 4.15. The zero-order chi connectivity index (χ0) is 20.8. The third kappa shape index (κ3) is 4.91. The van der Waals surface area contributed by atoms with Gasteiger partial charge in [-0.25, -0.2) is 0 Å². The topological polar surface area (TPSA) is 103 Å². The fourth-order valence-corrected chi connectivity index (χ4v) is 3.50. The fourth-order valence-electron chi connectivity index (χ4n) is 2.64. The highest BCUT2D eigenvalue weighted by Crippen LogP contribution is 2.27.